The van der Waals surface area contributed by atoms with Gasteiger partial charge in [-0.1, -0.05) is 30.4 Å². The van der Waals surface area contributed by atoms with Gasteiger partial charge in [-0.15, -0.1) is 0 Å². The Morgan fingerprint density at radius 2 is 2.06 bits per heavy atom. The molecule has 1 aromatic rings. The molecule has 0 fully saturated rings. The number of fused-ring (bicyclic) bond motifs is 2. The minimum Gasteiger partial charge on any atom is -0.314 e. The molecule has 16 heavy (non-hydrogen) atoms. The van der Waals surface area contributed by atoms with Crippen LogP contribution in [0.25, 0.3) is 0 Å². The summed E-state index contributed by atoms with van der Waals surface area (Å²) in [6.07, 6.45) is 7.14. The van der Waals surface area contributed by atoms with Crippen LogP contribution >= 0.6 is 0 Å². The Morgan fingerprint density at radius 1 is 1.25 bits per heavy atom. The second-order valence-corrected chi connectivity index (χ2v) is 4.68. The van der Waals surface area contributed by atoms with Gasteiger partial charge in [0.05, 0.1) is 5.41 Å². The van der Waals surface area contributed by atoms with Crippen molar-refractivity contribution in [1.82, 2.24) is 0 Å². The molecule has 3 rings (SSSR count). The predicted octanol–water partition coefficient (Wildman–Crippen LogP) is 2.64. The molecule has 2 nitrogen and oxygen atoms in total. The number of carbonyl (C=O) groups is 1. The lowest BCUT2D eigenvalue weighted by Crippen LogP contribution is -2.39. The highest BCUT2D eigenvalue weighted by Crippen LogP contribution is 2.47. The summed E-state index contributed by atoms with van der Waals surface area (Å²) in [6.45, 7) is 0. The van der Waals surface area contributed by atoms with E-state index < -0.39 is 0 Å². The van der Waals surface area contributed by atoms with Gasteiger partial charge in [0, 0.05) is 12.7 Å². The summed E-state index contributed by atoms with van der Waals surface area (Å²) in [5.74, 6) is 0.262. The third-order valence-electron chi connectivity index (χ3n) is 3.87. The van der Waals surface area contributed by atoms with E-state index in [1.807, 2.05) is 30.1 Å². The van der Waals surface area contributed by atoms with Crippen LogP contribution in [0.2, 0.25) is 0 Å². The zero-order chi connectivity index (χ0) is 11.2. The first-order valence-corrected chi connectivity index (χ1v) is 5.78. The van der Waals surface area contributed by atoms with E-state index in [0.717, 1.165) is 24.9 Å². The standard InChI is InChI=1S/C14H15NO/c1-15-12-8-4-3-7-11(12)14(13(15)16)9-5-2-6-10-14/h2-5,7-8H,6,9-10H2,1H3/t14-/m1/s1. The average Bonchev–Trinajstić information content (AvgIpc) is 2.55. The van der Waals surface area contributed by atoms with Gasteiger partial charge in [-0.3, -0.25) is 4.79 Å². The van der Waals surface area contributed by atoms with Crippen molar-refractivity contribution in [3.05, 3.63) is 42.0 Å². The first kappa shape index (κ1) is 9.64. The molecule has 0 saturated heterocycles. The van der Waals surface area contributed by atoms with Crippen LogP contribution in [0.3, 0.4) is 0 Å². The molecule has 0 N–H and O–H groups in total. The Bertz CT molecular complexity index is 477. The van der Waals surface area contributed by atoms with E-state index in [1.165, 1.54) is 5.56 Å². The van der Waals surface area contributed by atoms with Crippen LogP contribution in [0.1, 0.15) is 24.8 Å². The number of likely N-dealkylation sites (N-methyl/N-ethyl adjacent to an activating group) is 1. The molecule has 0 bridgehead atoms. The Morgan fingerprint density at radius 3 is 2.81 bits per heavy atom. The van der Waals surface area contributed by atoms with E-state index in [9.17, 15) is 4.79 Å². The number of nitrogens with zero attached hydrogens (tertiary/aromatic N) is 1. The van der Waals surface area contributed by atoms with Crippen molar-refractivity contribution in [3.8, 4) is 0 Å². The number of hydrogen-bond acceptors (Lipinski definition) is 1. The Labute approximate surface area is 95.6 Å². The largest absolute Gasteiger partial charge is 0.314 e. The highest BCUT2D eigenvalue weighted by molar-refractivity contribution is 6.07. The summed E-state index contributed by atoms with van der Waals surface area (Å²) >= 11 is 0. The molecular formula is C14H15NO. The van der Waals surface area contributed by atoms with Gasteiger partial charge in [0.2, 0.25) is 5.91 Å². The SMILES string of the molecule is CN1C(=O)[C@@]2(CC=CCC2)c2ccccc21. The number of carbonyl (C=O) groups excluding carboxylic acids is 1. The van der Waals surface area contributed by atoms with E-state index in [4.69, 9.17) is 0 Å². The summed E-state index contributed by atoms with van der Waals surface area (Å²) in [7, 11) is 1.88. The lowest BCUT2D eigenvalue weighted by molar-refractivity contribution is -0.123. The van der Waals surface area contributed by atoms with Crippen molar-refractivity contribution < 1.29 is 4.79 Å². The fraction of sp³-hybridized carbons (Fsp3) is 0.357. The maximum atomic E-state index is 12.4. The smallest absolute Gasteiger partial charge is 0.237 e. The summed E-state index contributed by atoms with van der Waals surface area (Å²) < 4.78 is 0. The minimum atomic E-state index is -0.264. The highest BCUT2D eigenvalue weighted by atomic mass is 16.2. The van der Waals surface area contributed by atoms with Crippen molar-refractivity contribution in [1.29, 1.82) is 0 Å². The number of para-hydroxylation sites is 1. The predicted molar refractivity (Wildman–Crippen MR) is 64.5 cm³/mol. The molecule has 1 aliphatic carbocycles. The van der Waals surface area contributed by atoms with Crippen LogP contribution in [0.5, 0.6) is 0 Å². The van der Waals surface area contributed by atoms with Crippen LogP contribution < -0.4 is 4.90 Å². The Hall–Kier alpha value is -1.57. The number of benzene rings is 1. The number of allylic oxidation sites excluding steroid dienone is 2. The first-order chi connectivity index (χ1) is 7.76. The van der Waals surface area contributed by atoms with Crippen molar-refractivity contribution in [2.24, 2.45) is 0 Å². The van der Waals surface area contributed by atoms with Crippen molar-refractivity contribution in [2.75, 3.05) is 11.9 Å². The zero-order valence-electron chi connectivity index (χ0n) is 9.44. The summed E-state index contributed by atoms with van der Waals surface area (Å²) in [4.78, 5) is 14.2. The number of hydrogen-bond donors (Lipinski definition) is 0. The third-order valence-corrected chi connectivity index (χ3v) is 3.87. The molecule has 1 spiro atoms. The van der Waals surface area contributed by atoms with Crippen molar-refractivity contribution in [2.45, 2.75) is 24.7 Å². The van der Waals surface area contributed by atoms with E-state index in [2.05, 4.69) is 18.2 Å². The topological polar surface area (TPSA) is 20.3 Å². The van der Waals surface area contributed by atoms with Crippen LogP contribution in [-0.4, -0.2) is 13.0 Å². The van der Waals surface area contributed by atoms with Crippen LogP contribution in [-0.2, 0) is 10.2 Å². The van der Waals surface area contributed by atoms with Crippen molar-refractivity contribution in [3.63, 3.8) is 0 Å². The maximum Gasteiger partial charge on any atom is 0.237 e. The molecule has 1 atom stereocenters. The fourth-order valence-electron chi connectivity index (χ4n) is 2.99. The summed E-state index contributed by atoms with van der Waals surface area (Å²) in [5.41, 5.74) is 2.04. The molecule has 2 heteroatoms. The fourth-order valence-corrected chi connectivity index (χ4v) is 2.99. The molecule has 2 aliphatic rings. The van der Waals surface area contributed by atoms with Gasteiger partial charge in [0.15, 0.2) is 0 Å². The molecule has 0 saturated carbocycles. The van der Waals surface area contributed by atoms with Gasteiger partial charge < -0.3 is 4.90 Å². The normalized spacial score (nSPS) is 27.6. The molecular weight excluding hydrogens is 198 g/mol. The molecule has 0 radical (unpaired) electrons. The Balaban J connectivity index is 2.20. The molecule has 1 heterocycles. The minimum absolute atomic E-state index is 0.262. The van der Waals surface area contributed by atoms with E-state index in [1.54, 1.807) is 0 Å². The number of amides is 1. The van der Waals surface area contributed by atoms with Gasteiger partial charge in [-0.2, -0.15) is 0 Å². The van der Waals surface area contributed by atoms with E-state index in [0.29, 0.717) is 0 Å². The second-order valence-electron chi connectivity index (χ2n) is 4.68. The molecule has 1 aliphatic heterocycles. The van der Waals surface area contributed by atoms with Gasteiger partial charge in [0.1, 0.15) is 0 Å². The van der Waals surface area contributed by atoms with Gasteiger partial charge in [-0.05, 0) is 30.9 Å². The number of anilines is 1. The van der Waals surface area contributed by atoms with Gasteiger partial charge >= 0.3 is 0 Å². The number of rotatable bonds is 0. The lowest BCUT2D eigenvalue weighted by atomic mass is 9.73. The second kappa shape index (κ2) is 3.21. The average molecular weight is 213 g/mol. The van der Waals surface area contributed by atoms with E-state index >= 15 is 0 Å². The molecule has 1 amide bonds. The molecule has 82 valence electrons. The van der Waals surface area contributed by atoms with E-state index in [-0.39, 0.29) is 11.3 Å². The zero-order valence-corrected chi connectivity index (χ0v) is 9.44. The van der Waals surface area contributed by atoms with Crippen molar-refractivity contribution >= 4 is 11.6 Å². The summed E-state index contributed by atoms with van der Waals surface area (Å²) in [5, 5.41) is 0. The highest BCUT2D eigenvalue weighted by Gasteiger charge is 2.48. The lowest BCUT2D eigenvalue weighted by Gasteiger charge is -2.29. The molecule has 0 unspecified atom stereocenters. The third kappa shape index (κ3) is 1.04. The van der Waals surface area contributed by atoms with Gasteiger partial charge in [-0.25, -0.2) is 0 Å². The van der Waals surface area contributed by atoms with Crippen LogP contribution in [0, 0.1) is 0 Å². The first-order valence-electron chi connectivity index (χ1n) is 5.78. The summed E-state index contributed by atoms with van der Waals surface area (Å²) in [6, 6.07) is 8.18. The molecule has 0 aromatic heterocycles. The van der Waals surface area contributed by atoms with Crippen LogP contribution in [0.4, 0.5) is 5.69 Å². The van der Waals surface area contributed by atoms with Gasteiger partial charge in [0.25, 0.3) is 0 Å². The maximum absolute atomic E-state index is 12.4. The monoisotopic (exact) mass is 213 g/mol. The van der Waals surface area contributed by atoms with Crippen LogP contribution in [0.15, 0.2) is 36.4 Å². The molecule has 1 aromatic carbocycles. The quantitative estimate of drug-likeness (QED) is 0.607. The Kier molecular flexibility index (Phi) is 1.93.